The molecule has 11 heteroatoms. The molecule has 2 aliphatic heterocycles. The van der Waals surface area contributed by atoms with Gasteiger partial charge in [-0.25, -0.2) is 0 Å². The highest BCUT2D eigenvalue weighted by atomic mass is 32.2. The zero-order chi connectivity index (χ0) is 31.2. The van der Waals surface area contributed by atoms with Crippen LogP contribution in [0.5, 0.6) is 0 Å². The van der Waals surface area contributed by atoms with Crippen molar-refractivity contribution < 1.29 is 41.4 Å². The van der Waals surface area contributed by atoms with Crippen molar-refractivity contribution in [2.75, 3.05) is 19.4 Å². The standard InChI is InChI=1S/C32H37NO9S/c1-43(40,41)42-18-4-16-32-21-28(38)14-13-26(36)10-9-24(34)7-8-25(35)11-12-27(37)15-17-33(32)31(39)29-19-22-5-2-3-6-23(22)20-30(29)32/h2-3,5-6,19-20H,4,7-18,21H2,1H3. The maximum absolute atomic E-state index is 14.0. The summed E-state index contributed by atoms with van der Waals surface area (Å²) in [4.78, 5) is 78.9. The van der Waals surface area contributed by atoms with Crippen molar-refractivity contribution >= 4 is 55.7 Å². The molecule has 4 rings (SSSR count). The van der Waals surface area contributed by atoms with Crippen molar-refractivity contribution in [3.63, 3.8) is 0 Å². The number of carbonyl (C=O) groups is 6. The molecule has 1 saturated heterocycles. The maximum atomic E-state index is 14.0. The monoisotopic (exact) mass is 611 g/mol. The van der Waals surface area contributed by atoms with Crippen molar-refractivity contribution in [1.82, 2.24) is 4.90 Å². The van der Waals surface area contributed by atoms with Crippen LogP contribution in [0.1, 0.15) is 93.0 Å². The molecule has 2 aromatic carbocycles. The second kappa shape index (κ2) is 13.8. The second-order valence-corrected chi connectivity index (χ2v) is 13.1. The van der Waals surface area contributed by atoms with Gasteiger partial charge in [-0.1, -0.05) is 24.3 Å². The zero-order valence-corrected chi connectivity index (χ0v) is 25.2. The summed E-state index contributed by atoms with van der Waals surface area (Å²) in [5, 5.41) is 1.68. The Morgan fingerprint density at radius 3 is 1.74 bits per heavy atom. The highest BCUT2D eigenvalue weighted by molar-refractivity contribution is 7.85. The van der Waals surface area contributed by atoms with Crippen LogP contribution in [0.3, 0.4) is 0 Å². The van der Waals surface area contributed by atoms with E-state index in [2.05, 4.69) is 0 Å². The fourth-order valence-corrected chi connectivity index (χ4v) is 6.41. The van der Waals surface area contributed by atoms with Crippen LogP contribution in [0, 0.1) is 0 Å². The summed E-state index contributed by atoms with van der Waals surface area (Å²) in [5.74, 6) is -1.48. The van der Waals surface area contributed by atoms with Crippen LogP contribution in [0.4, 0.5) is 0 Å². The molecule has 1 atom stereocenters. The van der Waals surface area contributed by atoms with E-state index in [-0.39, 0.29) is 125 Å². The van der Waals surface area contributed by atoms with Gasteiger partial charge in [0.05, 0.1) is 18.4 Å². The predicted octanol–water partition coefficient (Wildman–Crippen LogP) is 4.01. The number of amides is 1. The van der Waals surface area contributed by atoms with Gasteiger partial charge in [0.15, 0.2) is 0 Å². The van der Waals surface area contributed by atoms with Gasteiger partial charge < -0.3 is 4.90 Å². The van der Waals surface area contributed by atoms with E-state index in [1.807, 2.05) is 30.3 Å². The smallest absolute Gasteiger partial charge is 0.264 e. The molecule has 0 spiro atoms. The van der Waals surface area contributed by atoms with Crippen LogP contribution >= 0.6 is 0 Å². The van der Waals surface area contributed by atoms with Crippen molar-refractivity contribution in [3.05, 3.63) is 47.5 Å². The van der Waals surface area contributed by atoms with Crippen LogP contribution in [0.2, 0.25) is 0 Å². The van der Waals surface area contributed by atoms with Gasteiger partial charge in [-0.05, 0) is 41.3 Å². The third-order valence-electron chi connectivity index (χ3n) is 8.25. The summed E-state index contributed by atoms with van der Waals surface area (Å²) in [6.45, 7) is -0.165. The maximum Gasteiger partial charge on any atom is 0.264 e. The molecule has 0 bridgehead atoms. The lowest BCUT2D eigenvalue weighted by atomic mass is 9.79. The van der Waals surface area contributed by atoms with E-state index in [4.69, 9.17) is 4.18 Å². The minimum absolute atomic E-state index is 0.00489. The second-order valence-electron chi connectivity index (χ2n) is 11.5. The van der Waals surface area contributed by atoms with Crippen LogP contribution in [0.25, 0.3) is 10.8 Å². The molecular formula is C32H37NO9S. The summed E-state index contributed by atoms with van der Waals surface area (Å²) >= 11 is 0. The average molecular weight is 612 g/mol. The highest BCUT2D eigenvalue weighted by Gasteiger charge is 2.50. The van der Waals surface area contributed by atoms with E-state index < -0.39 is 15.7 Å². The molecule has 1 unspecified atom stereocenters. The van der Waals surface area contributed by atoms with E-state index in [0.29, 0.717) is 11.1 Å². The van der Waals surface area contributed by atoms with E-state index in [1.165, 1.54) is 4.90 Å². The molecule has 0 saturated carbocycles. The molecule has 0 aliphatic carbocycles. The lowest BCUT2D eigenvalue weighted by molar-refractivity contribution is -0.128. The molecule has 2 heterocycles. The molecule has 43 heavy (non-hydrogen) atoms. The van der Waals surface area contributed by atoms with E-state index in [1.54, 1.807) is 6.07 Å². The predicted molar refractivity (Wildman–Crippen MR) is 158 cm³/mol. The number of benzene rings is 2. The third-order valence-corrected chi connectivity index (χ3v) is 8.84. The molecule has 0 radical (unpaired) electrons. The van der Waals surface area contributed by atoms with Crippen LogP contribution in [-0.2, 0) is 43.8 Å². The van der Waals surface area contributed by atoms with Crippen molar-refractivity contribution in [1.29, 1.82) is 0 Å². The summed E-state index contributed by atoms with van der Waals surface area (Å²) in [7, 11) is -3.72. The zero-order valence-electron chi connectivity index (χ0n) is 24.4. The SMILES string of the molecule is CS(=O)(=O)OCCCC12CC(=O)CCC(=O)CCC(=O)CCC(=O)CCC(=O)CCN1C(=O)c1cc3ccccc3cc12. The number of nitrogens with zero attached hydrogens (tertiary/aromatic N) is 1. The molecule has 2 aromatic rings. The minimum atomic E-state index is -3.72. The van der Waals surface area contributed by atoms with E-state index in [0.717, 1.165) is 17.0 Å². The molecule has 1 amide bonds. The Morgan fingerprint density at radius 1 is 0.721 bits per heavy atom. The van der Waals surface area contributed by atoms with Gasteiger partial charge in [0, 0.05) is 76.3 Å². The van der Waals surface area contributed by atoms with E-state index >= 15 is 0 Å². The first-order chi connectivity index (χ1) is 20.4. The van der Waals surface area contributed by atoms with Gasteiger partial charge in [0.1, 0.15) is 28.9 Å². The first-order valence-electron chi connectivity index (χ1n) is 14.7. The lowest BCUT2D eigenvalue weighted by Crippen LogP contribution is -2.46. The summed E-state index contributed by atoms with van der Waals surface area (Å²) in [6, 6.07) is 11.1. The lowest BCUT2D eigenvalue weighted by Gasteiger charge is -2.39. The molecular weight excluding hydrogens is 574 g/mol. The van der Waals surface area contributed by atoms with Crippen molar-refractivity contribution in [2.24, 2.45) is 0 Å². The number of hydrogen-bond acceptors (Lipinski definition) is 9. The molecule has 0 aromatic heterocycles. The van der Waals surface area contributed by atoms with Crippen LogP contribution in [-0.4, -0.2) is 67.5 Å². The van der Waals surface area contributed by atoms with Gasteiger partial charge in [-0.2, -0.15) is 8.42 Å². The topological polar surface area (TPSA) is 149 Å². The van der Waals surface area contributed by atoms with Gasteiger partial charge in [-0.15, -0.1) is 0 Å². The van der Waals surface area contributed by atoms with Crippen LogP contribution < -0.4 is 0 Å². The number of ketones is 5. The number of rotatable bonds is 5. The molecule has 0 N–H and O–H groups in total. The van der Waals surface area contributed by atoms with Gasteiger partial charge >= 0.3 is 0 Å². The van der Waals surface area contributed by atoms with Gasteiger partial charge in [0.25, 0.3) is 16.0 Å². The fourth-order valence-electron chi connectivity index (χ4n) is 5.99. The Balaban J connectivity index is 1.73. The van der Waals surface area contributed by atoms with Crippen molar-refractivity contribution in [2.45, 2.75) is 82.6 Å². The Hall–Kier alpha value is -3.57. The quantitative estimate of drug-likeness (QED) is 0.361. The number of fused-ring (bicyclic) bond motifs is 4. The van der Waals surface area contributed by atoms with Gasteiger partial charge in [-0.3, -0.25) is 33.0 Å². The molecule has 2 aliphatic rings. The van der Waals surface area contributed by atoms with E-state index in [9.17, 15) is 37.2 Å². The molecule has 1 fully saturated rings. The Morgan fingerprint density at radius 2 is 1.21 bits per heavy atom. The fraction of sp³-hybridized carbons (Fsp3) is 0.500. The largest absolute Gasteiger partial charge is 0.328 e. The van der Waals surface area contributed by atoms with Gasteiger partial charge in [0.2, 0.25) is 0 Å². The summed E-state index contributed by atoms with van der Waals surface area (Å²) in [6.07, 6.45) is 0.936. The summed E-state index contributed by atoms with van der Waals surface area (Å²) < 4.78 is 28.2. The number of hydrogen-bond donors (Lipinski definition) is 0. The Kier molecular flexibility index (Phi) is 10.4. The van der Waals surface area contributed by atoms with Crippen LogP contribution in [0.15, 0.2) is 36.4 Å². The third kappa shape index (κ3) is 8.29. The number of Topliss-reactive ketones (excluding diaryl/α,β-unsaturated/α-hetero) is 5. The number of carbonyl (C=O) groups excluding carboxylic acids is 6. The minimum Gasteiger partial charge on any atom is -0.328 e. The molecule has 230 valence electrons. The Bertz CT molecular complexity index is 1560. The average Bonchev–Trinajstić information content (AvgIpc) is 3.17. The normalized spacial score (nSPS) is 21.9. The van der Waals surface area contributed by atoms with Crippen molar-refractivity contribution in [3.8, 4) is 0 Å². The first-order valence-corrected chi connectivity index (χ1v) is 16.5. The molecule has 10 nitrogen and oxygen atoms in total. The highest BCUT2D eigenvalue weighted by Crippen LogP contribution is 2.47. The first kappa shape index (κ1) is 32.3. The summed E-state index contributed by atoms with van der Waals surface area (Å²) in [5.41, 5.74) is -0.189. The Labute approximate surface area is 251 Å².